The number of rotatable bonds is 10. The summed E-state index contributed by atoms with van der Waals surface area (Å²) in [6.45, 7) is 0. The first-order chi connectivity index (χ1) is 34.2. The molecule has 0 amide bonds. The molecule has 0 bridgehead atoms. The number of hydrogen-bond donors (Lipinski definition) is 0. The first-order valence-corrected chi connectivity index (χ1v) is 25.8. The molecule has 326 valence electrons. The van der Waals surface area contributed by atoms with Gasteiger partial charge in [-0.15, -0.1) is 0 Å². The Morgan fingerprint density at radius 2 is 0.667 bits per heavy atom. The van der Waals surface area contributed by atoms with Crippen molar-refractivity contribution in [1.82, 2.24) is 0 Å². The molecule has 11 aromatic carbocycles. The van der Waals surface area contributed by atoms with Crippen LogP contribution in [0.1, 0.15) is 0 Å². The summed E-state index contributed by atoms with van der Waals surface area (Å²) in [5, 5.41) is 5.49. The van der Waals surface area contributed by atoms with Crippen molar-refractivity contribution < 1.29 is 0 Å². The predicted octanol–water partition coefficient (Wildman–Crippen LogP) is 15.0. The normalized spacial score (nSPS) is 12.4. The average Bonchev–Trinajstić information content (AvgIpc) is 3.44. The summed E-state index contributed by atoms with van der Waals surface area (Å²) < 4.78 is 0. The topological polar surface area (TPSA) is 6.48 Å². The molecular weight excluding hydrogens is 849 g/mol. The van der Waals surface area contributed by atoms with Crippen molar-refractivity contribution in [3.8, 4) is 44.5 Å². The standard InChI is InChI=1S/C66H48N2Si/c1-6-20-49(21-7-1)51-34-36-54(37-35-51)61-30-16-17-31-62(61)67(57-43-38-52(39-44-57)50-22-8-2-9-23-50)58-45-40-53(41-46-58)55-42-47-64-66(48-55)69(59-26-12-4-13-27-59,60-28-14-5-15-29-60)65-33-19-18-32-63(65)68(64)56-24-10-3-11-25-56/h1-48H. The van der Waals surface area contributed by atoms with Gasteiger partial charge in [0.05, 0.1) is 5.69 Å². The SMILES string of the molecule is c1ccc(-c2ccc(-c3ccccc3N(c3ccc(-c4ccccc4)cc3)c3ccc(-c4ccc5c(c4)[Si](c4ccccc4)(c4ccccc4)c4ccccc4N5c4ccccc4)cc3)cc2)cc1. The van der Waals surface area contributed by atoms with E-state index in [1.807, 2.05) is 0 Å². The molecule has 0 aliphatic carbocycles. The summed E-state index contributed by atoms with van der Waals surface area (Å²) in [4.78, 5) is 4.88. The third-order valence-corrected chi connectivity index (χ3v) is 18.6. The maximum Gasteiger partial charge on any atom is 0.184 e. The average molecular weight is 897 g/mol. The molecule has 0 saturated heterocycles. The van der Waals surface area contributed by atoms with E-state index in [9.17, 15) is 0 Å². The maximum absolute atomic E-state index is 2.87. The highest BCUT2D eigenvalue weighted by atomic mass is 28.3. The molecule has 0 fully saturated rings. The fourth-order valence-electron chi connectivity index (χ4n) is 10.5. The summed E-state index contributed by atoms with van der Waals surface area (Å²) in [5.41, 5.74) is 16.4. The van der Waals surface area contributed by atoms with Crippen molar-refractivity contribution in [3.63, 3.8) is 0 Å². The predicted molar refractivity (Wildman–Crippen MR) is 295 cm³/mol. The molecule has 0 spiro atoms. The van der Waals surface area contributed by atoms with Crippen LogP contribution in [0.5, 0.6) is 0 Å². The molecule has 0 aromatic heterocycles. The minimum absolute atomic E-state index is 1.08. The van der Waals surface area contributed by atoms with Gasteiger partial charge in [-0.05, 0) is 114 Å². The molecule has 2 nitrogen and oxygen atoms in total. The molecular formula is C66H48N2Si. The number of para-hydroxylation sites is 3. The van der Waals surface area contributed by atoms with Gasteiger partial charge in [0, 0.05) is 34.0 Å². The van der Waals surface area contributed by atoms with E-state index in [4.69, 9.17) is 0 Å². The summed E-state index contributed by atoms with van der Waals surface area (Å²) in [6.07, 6.45) is 0. The van der Waals surface area contributed by atoms with Crippen LogP contribution in [-0.2, 0) is 0 Å². The Bertz CT molecular complexity index is 3470. The number of nitrogens with zero attached hydrogens (tertiary/aromatic N) is 2. The molecule has 1 aliphatic heterocycles. The Labute approximate surface area is 406 Å². The van der Waals surface area contributed by atoms with Crippen LogP contribution >= 0.6 is 0 Å². The molecule has 1 heterocycles. The quantitative estimate of drug-likeness (QED) is 0.126. The van der Waals surface area contributed by atoms with Crippen LogP contribution in [0.25, 0.3) is 44.5 Å². The van der Waals surface area contributed by atoms with Crippen LogP contribution in [0.2, 0.25) is 0 Å². The lowest BCUT2D eigenvalue weighted by Crippen LogP contribution is -2.77. The minimum atomic E-state index is -2.87. The molecule has 0 radical (unpaired) electrons. The largest absolute Gasteiger partial charge is 0.311 e. The van der Waals surface area contributed by atoms with Gasteiger partial charge in [-0.3, -0.25) is 0 Å². The monoisotopic (exact) mass is 896 g/mol. The van der Waals surface area contributed by atoms with Gasteiger partial charge < -0.3 is 9.80 Å². The van der Waals surface area contributed by atoms with Crippen LogP contribution in [0.3, 0.4) is 0 Å². The van der Waals surface area contributed by atoms with E-state index >= 15 is 0 Å². The van der Waals surface area contributed by atoms with Gasteiger partial charge >= 0.3 is 0 Å². The Hall–Kier alpha value is -8.76. The Morgan fingerprint density at radius 1 is 0.275 bits per heavy atom. The lowest BCUT2D eigenvalue weighted by Gasteiger charge is -2.45. The zero-order chi connectivity index (χ0) is 46.0. The Balaban J connectivity index is 1.00. The lowest BCUT2D eigenvalue weighted by molar-refractivity contribution is 1.28. The van der Waals surface area contributed by atoms with Crippen molar-refractivity contribution in [2.24, 2.45) is 0 Å². The second-order valence-electron chi connectivity index (χ2n) is 17.7. The van der Waals surface area contributed by atoms with Crippen LogP contribution in [0.15, 0.2) is 291 Å². The van der Waals surface area contributed by atoms with Crippen molar-refractivity contribution in [1.29, 1.82) is 0 Å². The van der Waals surface area contributed by atoms with E-state index < -0.39 is 8.07 Å². The lowest BCUT2D eigenvalue weighted by atomic mass is 9.98. The molecule has 0 saturated carbocycles. The molecule has 0 atom stereocenters. The molecule has 11 aromatic rings. The third kappa shape index (κ3) is 7.56. The molecule has 1 aliphatic rings. The number of benzene rings is 11. The van der Waals surface area contributed by atoms with Crippen LogP contribution in [-0.4, -0.2) is 8.07 Å². The van der Waals surface area contributed by atoms with Gasteiger partial charge in [-0.1, -0.05) is 237 Å². The van der Waals surface area contributed by atoms with Gasteiger partial charge in [0.2, 0.25) is 0 Å². The van der Waals surface area contributed by atoms with E-state index in [-0.39, 0.29) is 0 Å². The molecule has 69 heavy (non-hydrogen) atoms. The van der Waals surface area contributed by atoms with Gasteiger partial charge in [0.1, 0.15) is 0 Å². The van der Waals surface area contributed by atoms with Crippen molar-refractivity contribution in [2.45, 2.75) is 0 Å². The highest BCUT2D eigenvalue weighted by Gasteiger charge is 2.49. The molecule has 0 N–H and O–H groups in total. The Morgan fingerprint density at radius 3 is 1.23 bits per heavy atom. The van der Waals surface area contributed by atoms with E-state index in [2.05, 4.69) is 301 Å². The first kappa shape index (κ1) is 41.7. The van der Waals surface area contributed by atoms with Gasteiger partial charge in [0.15, 0.2) is 8.07 Å². The minimum Gasteiger partial charge on any atom is -0.311 e. The maximum atomic E-state index is 2.51. The smallest absolute Gasteiger partial charge is 0.184 e. The van der Waals surface area contributed by atoms with Crippen LogP contribution in [0.4, 0.5) is 34.1 Å². The van der Waals surface area contributed by atoms with Gasteiger partial charge in [0.25, 0.3) is 0 Å². The number of hydrogen-bond acceptors (Lipinski definition) is 2. The summed E-state index contributed by atoms with van der Waals surface area (Å²) in [6, 6.07) is 107. The van der Waals surface area contributed by atoms with E-state index in [0.29, 0.717) is 0 Å². The highest BCUT2D eigenvalue weighted by Crippen LogP contribution is 2.43. The highest BCUT2D eigenvalue weighted by molar-refractivity contribution is 7.21. The zero-order valence-electron chi connectivity index (χ0n) is 38.1. The van der Waals surface area contributed by atoms with Crippen molar-refractivity contribution >= 4 is 62.9 Å². The summed E-state index contributed by atoms with van der Waals surface area (Å²) in [5.74, 6) is 0. The first-order valence-electron chi connectivity index (χ1n) is 23.8. The molecule has 3 heteroatoms. The van der Waals surface area contributed by atoms with Crippen molar-refractivity contribution in [3.05, 3.63) is 291 Å². The molecule has 0 unspecified atom stereocenters. The zero-order valence-corrected chi connectivity index (χ0v) is 39.1. The fourth-order valence-corrected chi connectivity index (χ4v) is 15.7. The second-order valence-corrected chi connectivity index (χ2v) is 21.4. The Kier molecular flexibility index (Phi) is 11.0. The van der Waals surface area contributed by atoms with Crippen LogP contribution in [0, 0.1) is 0 Å². The number of fused-ring (bicyclic) bond motifs is 2. The number of anilines is 6. The summed E-state index contributed by atoms with van der Waals surface area (Å²) in [7, 11) is -2.87. The second kappa shape index (κ2) is 18.1. The van der Waals surface area contributed by atoms with Crippen molar-refractivity contribution in [2.75, 3.05) is 9.80 Å². The van der Waals surface area contributed by atoms with E-state index in [1.54, 1.807) is 0 Å². The third-order valence-electron chi connectivity index (χ3n) is 13.8. The fraction of sp³-hybridized carbons (Fsp3) is 0. The molecule has 12 rings (SSSR count). The van der Waals surface area contributed by atoms with Crippen LogP contribution < -0.4 is 30.5 Å². The van der Waals surface area contributed by atoms with E-state index in [0.717, 1.165) is 33.9 Å². The van der Waals surface area contributed by atoms with E-state index in [1.165, 1.54) is 65.5 Å². The summed E-state index contributed by atoms with van der Waals surface area (Å²) >= 11 is 0. The van der Waals surface area contributed by atoms with Gasteiger partial charge in [-0.25, -0.2) is 0 Å². The van der Waals surface area contributed by atoms with Gasteiger partial charge in [-0.2, -0.15) is 0 Å².